The van der Waals surface area contributed by atoms with E-state index in [1.807, 2.05) is 0 Å². The van der Waals surface area contributed by atoms with Gasteiger partial charge in [-0.3, -0.25) is 14.7 Å². The lowest BCUT2D eigenvalue weighted by Gasteiger charge is -2.16. The van der Waals surface area contributed by atoms with Crippen LogP contribution in [-0.2, 0) is 4.74 Å². The Morgan fingerprint density at radius 2 is 1.81 bits per heavy atom. The third-order valence-electron chi connectivity index (χ3n) is 4.11. The van der Waals surface area contributed by atoms with Crippen LogP contribution in [0.5, 0.6) is 0 Å². The Morgan fingerprint density at radius 1 is 1.11 bits per heavy atom. The zero-order valence-corrected chi connectivity index (χ0v) is 15.1. The minimum absolute atomic E-state index is 0.328. The van der Waals surface area contributed by atoms with Crippen molar-refractivity contribution in [1.29, 1.82) is 0 Å². The molecule has 0 radical (unpaired) electrons. The third-order valence-corrected chi connectivity index (χ3v) is 4.11. The molecule has 1 N–H and O–H groups in total. The number of aryl methyl sites for hydroxylation is 1. The van der Waals surface area contributed by atoms with Gasteiger partial charge in [0.2, 0.25) is 0 Å². The quantitative estimate of drug-likeness (QED) is 0.755. The van der Waals surface area contributed by atoms with Gasteiger partial charge in [0.25, 0.3) is 5.91 Å². The maximum absolute atomic E-state index is 13.5. The van der Waals surface area contributed by atoms with E-state index < -0.39 is 11.9 Å². The fraction of sp³-hybridized carbons (Fsp3) is 0.150. The van der Waals surface area contributed by atoms with Crippen LogP contribution in [0, 0.1) is 12.7 Å². The van der Waals surface area contributed by atoms with Gasteiger partial charge in [0.15, 0.2) is 0 Å². The number of carbonyl (C=O) groups excluding carboxylic acids is 2. The lowest BCUT2D eigenvalue weighted by Crippen LogP contribution is -2.25. The van der Waals surface area contributed by atoms with Crippen LogP contribution in [0.3, 0.4) is 0 Å². The summed E-state index contributed by atoms with van der Waals surface area (Å²) in [5.41, 5.74) is 2.64. The number of anilines is 2. The summed E-state index contributed by atoms with van der Waals surface area (Å²) in [6.45, 7) is 1.75. The van der Waals surface area contributed by atoms with E-state index in [0.29, 0.717) is 33.5 Å². The predicted octanol–water partition coefficient (Wildman–Crippen LogP) is 4.14. The topological polar surface area (TPSA) is 71.5 Å². The number of benzene rings is 2. The first kappa shape index (κ1) is 18.3. The molecule has 0 fully saturated rings. The van der Waals surface area contributed by atoms with Gasteiger partial charge in [-0.1, -0.05) is 0 Å². The Morgan fingerprint density at radius 3 is 2.48 bits per heavy atom. The van der Waals surface area contributed by atoms with Gasteiger partial charge in [-0.2, -0.15) is 0 Å². The van der Waals surface area contributed by atoms with Crippen LogP contribution in [0.2, 0.25) is 0 Å². The smallest absolute Gasteiger partial charge is 0.413 e. The van der Waals surface area contributed by atoms with Crippen molar-refractivity contribution < 1.29 is 18.7 Å². The van der Waals surface area contributed by atoms with Crippen LogP contribution in [0.1, 0.15) is 16.1 Å². The number of fused-ring (bicyclic) bond motifs is 1. The first-order valence-corrected chi connectivity index (χ1v) is 8.19. The molecule has 2 aromatic carbocycles. The summed E-state index contributed by atoms with van der Waals surface area (Å²) in [7, 11) is 2.89. The van der Waals surface area contributed by atoms with Crippen molar-refractivity contribution in [3.8, 4) is 0 Å². The lowest BCUT2D eigenvalue weighted by molar-refractivity contribution is 0.102. The summed E-state index contributed by atoms with van der Waals surface area (Å²) in [6.07, 6.45) is -0.488. The van der Waals surface area contributed by atoms with E-state index in [-0.39, 0.29) is 5.91 Å². The zero-order chi connectivity index (χ0) is 19.6. The second kappa shape index (κ2) is 7.41. The first-order valence-electron chi connectivity index (χ1n) is 8.19. The summed E-state index contributed by atoms with van der Waals surface area (Å²) < 4.78 is 18.1. The summed E-state index contributed by atoms with van der Waals surface area (Å²) in [6, 6.07) is 12.6. The molecule has 6 nitrogen and oxygen atoms in total. The Kier molecular flexibility index (Phi) is 5.03. The Labute approximate surface area is 155 Å². The minimum Gasteiger partial charge on any atom is -0.452 e. The monoisotopic (exact) mass is 367 g/mol. The van der Waals surface area contributed by atoms with Crippen molar-refractivity contribution in [3.05, 3.63) is 65.6 Å². The standard InChI is InChI=1S/C20H18FN3O3/c1-12-10-17(16-9-4-13(21)11-18(16)22-12)19(25)23-14-5-7-15(8-6-14)24(2)20(26)27-3/h4-11H,1-3H3,(H,23,25). The number of hydrogen-bond acceptors (Lipinski definition) is 4. The molecule has 3 rings (SSSR count). The molecule has 1 heterocycles. The van der Waals surface area contributed by atoms with Crippen molar-refractivity contribution in [2.75, 3.05) is 24.4 Å². The highest BCUT2D eigenvalue weighted by Gasteiger charge is 2.14. The average molecular weight is 367 g/mol. The molecule has 27 heavy (non-hydrogen) atoms. The fourth-order valence-corrected chi connectivity index (χ4v) is 2.73. The predicted molar refractivity (Wildman–Crippen MR) is 102 cm³/mol. The molecule has 0 aliphatic rings. The number of carbonyl (C=O) groups is 2. The van der Waals surface area contributed by atoms with Gasteiger partial charge in [-0.15, -0.1) is 0 Å². The summed E-state index contributed by atoms with van der Waals surface area (Å²) >= 11 is 0. The molecule has 3 aromatic rings. The van der Waals surface area contributed by atoms with E-state index in [4.69, 9.17) is 0 Å². The Hall–Kier alpha value is -3.48. The van der Waals surface area contributed by atoms with Crippen molar-refractivity contribution in [1.82, 2.24) is 4.98 Å². The average Bonchev–Trinajstić information content (AvgIpc) is 2.66. The summed E-state index contributed by atoms with van der Waals surface area (Å²) in [4.78, 5) is 29.9. The van der Waals surface area contributed by atoms with Gasteiger partial charge in [-0.05, 0) is 49.4 Å². The van der Waals surface area contributed by atoms with Gasteiger partial charge in [0, 0.05) is 35.6 Å². The van der Waals surface area contributed by atoms with Crippen molar-refractivity contribution in [3.63, 3.8) is 0 Å². The molecule has 7 heteroatoms. The van der Waals surface area contributed by atoms with Gasteiger partial charge in [0.1, 0.15) is 5.82 Å². The molecule has 0 atom stereocenters. The maximum atomic E-state index is 13.5. The van der Waals surface area contributed by atoms with E-state index in [0.717, 1.165) is 0 Å². The number of pyridine rings is 1. The van der Waals surface area contributed by atoms with Crippen LogP contribution in [-0.4, -0.2) is 31.1 Å². The highest BCUT2D eigenvalue weighted by Crippen LogP contribution is 2.22. The van der Waals surface area contributed by atoms with E-state index >= 15 is 0 Å². The number of aromatic nitrogens is 1. The largest absolute Gasteiger partial charge is 0.452 e. The normalized spacial score (nSPS) is 10.5. The summed E-state index contributed by atoms with van der Waals surface area (Å²) in [5, 5.41) is 3.38. The van der Waals surface area contributed by atoms with Crippen LogP contribution in [0.25, 0.3) is 10.9 Å². The van der Waals surface area contributed by atoms with Crippen LogP contribution < -0.4 is 10.2 Å². The third kappa shape index (κ3) is 3.87. The van der Waals surface area contributed by atoms with Gasteiger partial charge in [0.05, 0.1) is 18.2 Å². The SMILES string of the molecule is COC(=O)N(C)c1ccc(NC(=O)c2cc(C)nc3cc(F)ccc23)cc1. The van der Waals surface area contributed by atoms with Crippen LogP contribution in [0.15, 0.2) is 48.5 Å². The highest BCUT2D eigenvalue weighted by molar-refractivity contribution is 6.12. The molecule has 0 bridgehead atoms. The van der Waals surface area contributed by atoms with Gasteiger partial charge >= 0.3 is 6.09 Å². The molecule has 0 aliphatic carbocycles. The lowest BCUT2D eigenvalue weighted by atomic mass is 10.1. The highest BCUT2D eigenvalue weighted by atomic mass is 19.1. The summed E-state index contributed by atoms with van der Waals surface area (Å²) in [5.74, 6) is -0.733. The number of rotatable bonds is 3. The fourth-order valence-electron chi connectivity index (χ4n) is 2.73. The number of nitrogens with one attached hydrogen (secondary N) is 1. The van der Waals surface area contributed by atoms with E-state index in [9.17, 15) is 14.0 Å². The first-order chi connectivity index (χ1) is 12.9. The molecule has 0 spiro atoms. The molecule has 0 unspecified atom stereocenters. The molecule has 138 valence electrons. The number of halogens is 1. The van der Waals surface area contributed by atoms with E-state index in [1.165, 1.54) is 24.1 Å². The minimum atomic E-state index is -0.488. The van der Waals surface area contributed by atoms with Gasteiger partial charge < -0.3 is 10.1 Å². The Bertz CT molecular complexity index is 1010. The van der Waals surface area contributed by atoms with Gasteiger partial charge in [-0.25, -0.2) is 9.18 Å². The number of ether oxygens (including phenoxy) is 1. The molecular formula is C20H18FN3O3. The maximum Gasteiger partial charge on any atom is 0.413 e. The molecule has 1 aromatic heterocycles. The van der Waals surface area contributed by atoms with Crippen molar-refractivity contribution >= 4 is 34.3 Å². The molecule has 2 amide bonds. The van der Waals surface area contributed by atoms with Crippen molar-refractivity contribution in [2.45, 2.75) is 6.92 Å². The number of hydrogen-bond donors (Lipinski definition) is 1. The molecular weight excluding hydrogens is 349 g/mol. The Balaban J connectivity index is 1.86. The van der Waals surface area contributed by atoms with Crippen LogP contribution >= 0.6 is 0 Å². The second-order valence-corrected chi connectivity index (χ2v) is 6.00. The molecule has 0 saturated heterocycles. The molecule has 0 aliphatic heterocycles. The second-order valence-electron chi connectivity index (χ2n) is 6.00. The van der Waals surface area contributed by atoms with E-state index in [1.54, 1.807) is 50.4 Å². The van der Waals surface area contributed by atoms with Crippen molar-refractivity contribution in [2.24, 2.45) is 0 Å². The van der Waals surface area contributed by atoms with Crippen LogP contribution in [0.4, 0.5) is 20.6 Å². The zero-order valence-electron chi connectivity index (χ0n) is 15.1. The number of amides is 2. The molecule has 0 saturated carbocycles. The van der Waals surface area contributed by atoms with E-state index in [2.05, 4.69) is 15.0 Å². The number of nitrogens with zero attached hydrogens (tertiary/aromatic N) is 2. The number of methoxy groups -OCH3 is 1.